The Bertz CT molecular complexity index is 213. The maximum atomic E-state index is 5.88. The van der Waals surface area contributed by atoms with Crippen LogP contribution in [0.2, 0.25) is 5.82 Å². The number of rotatable bonds is 2. The number of nitrogens with zero attached hydrogens (tertiary/aromatic N) is 1. The van der Waals surface area contributed by atoms with E-state index < -0.39 is 0 Å². The molecule has 2 N–H and O–H groups in total. The van der Waals surface area contributed by atoms with Crippen LogP contribution in [0.4, 0.5) is 0 Å². The molecule has 0 unspecified atom stereocenters. The van der Waals surface area contributed by atoms with Crippen LogP contribution in [0.25, 0.3) is 0 Å². The first kappa shape index (κ1) is 8.47. The number of hydrogen-bond donors (Lipinski definition) is 1. The Balaban J connectivity index is 2.77. The summed E-state index contributed by atoms with van der Waals surface area (Å²) in [6, 6.07) is 3.93. The van der Waals surface area contributed by atoms with Crippen molar-refractivity contribution in [2.24, 2.45) is 5.64 Å². The summed E-state index contributed by atoms with van der Waals surface area (Å²) >= 11 is 0. The van der Waals surface area contributed by atoms with Crippen molar-refractivity contribution in [1.29, 1.82) is 0 Å². The molecule has 0 aliphatic carbocycles. The van der Waals surface area contributed by atoms with E-state index in [1.54, 1.807) is 7.05 Å². The van der Waals surface area contributed by atoms with Crippen LogP contribution in [0.15, 0.2) is 18.1 Å². The average molecular weight is 146 g/mol. The fourth-order valence-electron chi connectivity index (χ4n) is 0.915. The Labute approximate surface area is 68.6 Å². The predicted octanol–water partition coefficient (Wildman–Crippen LogP) is -0.0131. The topological polar surface area (TPSA) is 38.9 Å². The maximum absolute atomic E-state index is 5.88. The van der Waals surface area contributed by atoms with Crippen molar-refractivity contribution in [1.82, 2.24) is 4.89 Å². The Hall–Kier alpha value is -0.630. The van der Waals surface area contributed by atoms with Crippen LogP contribution < -0.4 is 11.2 Å². The number of nitrogens with two attached hydrogens (primary N) is 1. The van der Waals surface area contributed by atoms with Crippen LogP contribution in [0.3, 0.4) is 0 Å². The standard InChI is InChI=1S/C7H12B2N2/c1-6(2)9(10)7-4-3-5-8-11-7/h3-6H,10H2,1-2H3. The van der Waals surface area contributed by atoms with Gasteiger partial charge in [0.15, 0.2) is 0 Å². The first-order chi connectivity index (χ1) is 5.22. The van der Waals surface area contributed by atoms with E-state index >= 15 is 0 Å². The van der Waals surface area contributed by atoms with Gasteiger partial charge in [0.1, 0.15) is 0 Å². The van der Waals surface area contributed by atoms with E-state index in [0.29, 0.717) is 5.82 Å². The molecule has 11 heavy (non-hydrogen) atoms. The van der Waals surface area contributed by atoms with E-state index in [0.717, 1.165) is 5.59 Å². The van der Waals surface area contributed by atoms with E-state index in [2.05, 4.69) is 18.7 Å². The summed E-state index contributed by atoms with van der Waals surface area (Å²) in [5.41, 5.74) is 6.85. The Morgan fingerprint density at radius 3 is 2.82 bits per heavy atom. The number of aromatic nitrogens is 1. The summed E-state index contributed by atoms with van der Waals surface area (Å²) in [5.74, 6) is 2.35. The molecule has 1 heterocycles. The van der Waals surface area contributed by atoms with Gasteiger partial charge in [-0.2, -0.15) is 0 Å². The molecule has 1 aromatic rings. The van der Waals surface area contributed by atoms with Crippen molar-refractivity contribution in [3.63, 3.8) is 0 Å². The quantitative estimate of drug-likeness (QED) is 0.595. The minimum absolute atomic E-state index is 0.0659. The molecule has 0 radical (unpaired) electrons. The molecule has 1 rings (SSSR count). The van der Waals surface area contributed by atoms with Gasteiger partial charge in [-0.15, -0.1) is 0 Å². The van der Waals surface area contributed by atoms with Crippen LogP contribution in [-0.2, 0) is 0 Å². The second-order valence-corrected chi connectivity index (χ2v) is 3.02. The molecule has 0 aromatic carbocycles. The van der Waals surface area contributed by atoms with E-state index in [4.69, 9.17) is 5.64 Å². The van der Waals surface area contributed by atoms with Crippen LogP contribution >= 0.6 is 0 Å². The normalized spacial score (nSPS) is 9.82. The SMILES string of the molecule is CC(C)B(N)c1cccbn1. The van der Waals surface area contributed by atoms with Gasteiger partial charge in [0.25, 0.3) is 0 Å². The average Bonchev–Trinajstić information content (AvgIpc) is 2.05. The monoisotopic (exact) mass is 146 g/mol. The molecule has 0 amide bonds. The summed E-state index contributed by atoms with van der Waals surface area (Å²) in [4.78, 5) is 4.17. The molecule has 0 saturated carbocycles. The third-order valence-corrected chi connectivity index (χ3v) is 1.75. The summed E-state index contributed by atoms with van der Waals surface area (Å²) in [6.45, 7) is 4.26. The summed E-state index contributed by atoms with van der Waals surface area (Å²) in [7, 11) is 1.78. The second-order valence-electron chi connectivity index (χ2n) is 3.02. The van der Waals surface area contributed by atoms with Gasteiger partial charge in [-0.3, -0.25) is 0 Å². The molecular weight excluding hydrogens is 134 g/mol. The first-order valence-electron chi connectivity index (χ1n) is 3.88. The zero-order valence-electron chi connectivity index (χ0n) is 6.99. The Morgan fingerprint density at radius 2 is 2.36 bits per heavy atom. The van der Waals surface area contributed by atoms with Gasteiger partial charge in [0.2, 0.25) is 0 Å². The van der Waals surface area contributed by atoms with E-state index in [-0.39, 0.29) is 6.85 Å². The summed E-state index contributed by atoms with van der Waals surface area (Å²) < 4.78 is 0. The first-order valence-corrected chi connectivity index (χ1v) is 3.88. The van der Waals surface area contributed by atoms with Gasteiger partial charge in [-0.1, -0.05) is 0 Å². The molecule has 0 saturated heterocycles. The third-order valence-electron chi connectivity index (χ3n) is 1.75. The van der Waals surface area contributed by atoms with Crippen molar-refractivity contribution < 1.29 is 0 Å². The molecule has 56 valence electrons. The molecule has 0 atom stereocenters. The van der Waals surface area contributed by atoms with Crippen molar-refractivity contribution >= 4 is 19.5 Å². The van der Waals surface area contributed by atoms with Crippen LogP contribution in [0, 0.1) is 0 Å². The fourth-order valence-corrected chi connectivity index (χ4v) is 0.915. The van der Waals surface area contributed by atoms with Crippen molar-refractivity contribution in [3.8, 4) is 0 Å². The molecule has 2 nitrogen and oxygen atoms in total. The van der Waals surface area contributed by atoms with Gasteiger partial charge >= 0.3 is 67.8 Å². The second kappa shape index (κ2) is 3.67. The molecule has 0 bridgehead atoms. The van der Waals surface area contributed by atoms with Crippen molar-refractivity contribution in [2.45, 2.75) is 19.7 Å². The Morgan fingerprint density at radius 1 is 1.64 bits per heavy atom. The molecule has 0 fully saturated rings. The molecular formula is C7H12B2N2. The van der Waals surface area contributed by atoms with Crippen LogP contribution in [0.1, 0.15) is 13.8 Å². The zero-order chi connectivity index (χ0) is 8.27. The minimum atomic E-state index is 0.0659. The Kier molecular flexibility index (Phi) is 2.83. The van der Waals surface area contributed by atoms with Crippen LogP contribution in [-0.4, -0.2) is 18.8 Å². The van der Waals surface area contributed by atoms with E-state index in [1.807, 2.05) is 18.1 Å². The van der Waals surface area contributed by atoms with Gasteiger partial charge < -0.3 is 0 Å². The van der Waals surface area contributed by atoms with Crippen molar-refractivity contribution in [2.75, 3.05) is 0 Å². The summed E-state index contributed by atoms with van der Waals surface area (Å²) in [5, 5.41) is 0. The van der Waals surface area contributed by atoms with Crippen LogP contribution in [0.5, 0.6) is 0 Å². The molecule has 0 aliphatic heterocycles. The van der Waals surface area contributed by atoms with Gasteiger partial charge in [-0.05, 0) is 0 Å². The third kappa shape index (κ3) is 2.15. The predicted molar refractivity (Wildman–Crippen MR) is 50.3 cm³/mol. The zero-order valence-corrected chi connectivity index (χ0v) is 6.99. The fraction of sp³-hybridized carbons (Fsp3) is 0.429. The number of hydrogen-bond acceptors (Lipinski definition) is 2. The molecule has 1 aromatic heterocycles. The molecule has 0 spiro atoms. The van der Waals surface area contributed by atoms with Gasteiger partial charge in [0.05, 0.1) is 0 Å². The van der Waals surface area contributed by atoms with E-state index in [9.17, 15) is 0 Å². The molecule has 0 aliphatic rings. The molecule has 4 heteroatoms. The van der Waals surface area contributed by atoms with Crippen molar-refractivity contribution in [3.05, 3.63) is 18.1 Å². The van der Waals surface area contributed by atoms with Gasteiger partial charge in [0, 0.05) is 0 Å². The van der Waals surface area contributed by atoms with E-state index in [1.165, 1.54) is 0 Å². The van der Waals surface area contributed by atoms with Gasteiger partial charge in [-0.25, -0.2) is 0 Å². The summed E-state index contributed by atoms with van der Waals surface area (Å²) in [6.07, 6.45) is 0.